The van der Waals surface area contributed by atoms with Crippen LogP contribution in [0.3, 0.4) is 0 Å². The summed E-state index contributed by atoms with van der Waals surface area (Å²) in [5.41, 5.74) is 0. The van der Waals surface area contributed by atoms with Crippen molar-refractivity contribution in [3.63, 3.8) is 0 Å². The number of unbranched alkanes of at least 4 members (excludes halogenated alkanes) is 1. The number of hydroxylamine groups is 2. The maximum absolute atomic E-state index is 11.4. The first-order chi connectivity index (χ1) is 6.34. The van der Waals surface area contributed by atoms with Crippen molar-refractivity contribution in [2.45, 2.75) is 26.2 Å². The summed E-state index contributed by atoms with van der Waals surface area (Å²) in [5.74, 6) is 1.77. The standard InChI is InChI=1S/C9H17NO2S/c1-2-3-7-13-8-9(11)10-5-4-6-12-10/h2-8H2,1H3. The van der Waals surface area contributed by atoms with Crippen LogP contribution in [0, 0.1) is 0 Å². The van der Waals surface area contributed by atoms with Crippen molar-refractivity contribution in [3.05, 3.63) is 0 Å². The lowest BCUT2D eigenvalue weighted by molar-refractivity contribution is -0.165. The third kappa shape index (κ3) is 4.00. The van der Waals surface area contributed by atoms with Crippen molar-refractivity contribution >= 4 is 17.7 Å². The highest BCUT2D eigenvalue weighted by molar-refractivity contribution is 7.99. The molecule has 0 bridgehead atoms. The Morgan fingerprint density at radius 3 is 3.08 bits per heavy atom. The number of nitrogens with zero attached hydrogens (tertiary/aromatic N) is 1. The Hall–Kier alpha value is -0.220. The fraction of sp³-hybridized carbons (Fsp3) is 0.889. The number of carbonyl (C=O) groups is 1. The lowest BCUT2D eigenvalue weighted by atomic mass is 10.4. The van der Waals surface area contributed by atoms with Gasteiger partial charge < -0.3 is 0 Å². The normalized spacial score (nSPS) is 16.5. The van der Waals surface area contributed by atoms with E-state index in [1.807, 2.05) is 0 Å². The maximum atomic E-state index is 11.4. The largest absolute Gasteiger partial charge is 0.272 e. The van der Waals surface area contributed by atoms with Gasteiger partial charge >= 0.3 is 0 Å². The second kappa shape index (κ2) is 6.27. The van der Waals surface area contributed by atoms with Gasteiger partial charge in [-0.25, -0.2) is 5.06 Å². The first-order valence-corrected chi connectivity index (χ1v) is 6.01. The molecule has 4 heteroatoms. The van der Waals surface area contributed by atoms with E-state index in [1.165, 1.54) is 17.9 Å². The Morgan fingerprint density at radius 2 is 2.46 bits per heavy atom. The van der Waals surface area contributed by atoms with Crippen molar-refractivity contribution in [2.75, 3.05) is 24.7 Å². The van der Waals surface area contributed by atoms with Gasteiger partial charge in [-0.1, -0.05) is 13.3 Å². The minimum Gasteiger partial charge on any atom is -0.272 e. The van der Waals surface area contributed by atoms with Crippen LogP contribution in [-0.4, -0.2) is 35.6 Å². The highest BCUT2D eigenvalue weighted by Crippen LogP contribution is 2.10. The van der Waals surface area contributed by atoms with Crippen LogP contribution in [0.25, 0.3) is 0 Å². The number of thioether (sulfide) groups is 1. The molecule has 0 unspecified atom stereocenters. The molecule has 1 aliphatic rings. The molecule has 0 aromatic rings. The fourth-order valence-corrected chi connectivity index (χ4v) is 2.08. The lowest BCUT2D eigenvalue weighted by Crippen LogP contribution is -2.28. The summed E-state index contributed by atoms with van der Waals surface area (Å²) in [6, 6.07) is 0. The molecule has 1 rings (SSSR count). The molecule has 0 N–H and O–H groups in total. The van der Waals surface area contributed by atoms with E-state index in [0.717, 1.165) is 18.7 Å². The number of hydrogen-bond acceptors (Lipinski definition) is 3. The molecule has 0 aliphatic carbocycles. The van der Waals surface area contributed by atoms with Gasteiger partial charge in [0.05, 0.1) is 18.9 Å². The number of hydrogen-bond donors (Lipinski definition) is 0. The quantitative estimate of drug-likeness (QED) is 0.637. The summed E-state index contributed by atoms with van der Waals surface area (Å²) >= 11 is 1.70. The highest BCUT2D eigenvalue weighted by Gasteiger charge is 2.18. The number of carbonyl (C=O) groups excluding carboxylic acids is 1. The summed E-state index contributed by atoms with van der Waals surface area (Å²) in [6.07, 6.45) is 3.37. The summed E-state index contributed by atoms with van der Waals surface area (Å²) in [5, 5.41) is 1.50. The topological polar surface area (TPSA) is 29.5 Å². The summed E-state index contributed by atoms with van der Waals surface area (Å²) in [4.78, 5) is 16.5. The van der Waals surface area contributed by atoms with Gasteiger partial charge in [0.2, 0.25) is 0 Å². The average molecular weight is 203 g/mol. The van der Waals surface area contributed by atoms with E-state index < -0.39 is 0 Å². The highest BCUT2D eigenvalue weighted by atomic mass is 32.2. The lowest BCUT2D eigenvalue weighted by Gasteiger charge is -2.12. The molecular weight excluding hydrogens is 186 g/mol. The Labute approximate surface area is 83.8 Å². The van der Waals surface area contributed by atoms with Crippen molar-refractivity contribution < 1.29 is 9.63 Å². The van der Waals surface area contributed by atoms with Crippen LogP contribution in [-0.2, 0) is 9.63 Å². The molecular formula is C9H17NO2S. The Balaban J connectivity index is 2.03. The molecule has 1 amide bonds. The fourth-order valence-electron chi connectivity index (χ4n) is 1.12. The van der Waals surface area contributed by atoms with Crippen molar-refractivity contribution in [2.24, 2.45) is 0 Å². The number of rotatable bonds is 5. The van der Waals surface area contributed by atoms with Crippen LogP contribution in [0.1, 0.15) is 26.2 Å². The second-order valence-electron chi connectivity index (χ2n) is 3.09. The van der Waals surface area contributed by atoms with Gasteiger partial charge in [0.15, 0.2) is 0 Å². The van der Waals surface area contributed by atoms with E-state index in [4.69, 9.17) is 4.84 Å². The Kier molecular flexibility index (Phi) is 5.23. The first kappa shape index (κ1) is 10.9. The van der Waals surface area contributed by atoms with E-state index in [2.05, 4.69) is 6.92 Å². The summed E-state index contributed by atoms with van der Waals surface area (Å²) in [6.45, 7) is 3.63. The first-order valence-electron chi connectivity index (χ1n) is 4.85. The Bertz CT molecular complexity index is 158. The maximum Gasteiger partial charge on any atom is 0.256 e. The SMILES string of the molecule is CCCCSCC(=O)N1CCCO1. The zero-order valence-corrected chi connectivity index (χ0v) is 8.94. The van der Waals surface area contributed by atoms with Crippen molar-refractivity contribution in [1.82, 2.24) is 5.06 Å². The van der Waals surface area contributed by atoms with E-state index in [1.54, 1.807) is 11.8 Å². The molecule has 0 aromatic heterocycles. The van der Waals surface area contributed by atoms with Gasteiger partial charge in [-0.15, -0.1) is 0 Å². The van der Waals surface area contributed by atoms with Gasteiger partial charge in [0, 0.05) is 0 Å². The van der Waals surface area contributed by atoms with Crippen LogP contribution in [0.4, 0.5) is 0 Å². The van der Waals surface area contributed by atoms with E-state index >= 15 is 0 Å². The minimum absolute atomic E-state index is 0.124. The van der Waals surface area contributed by atoms with Crippen LogP contribution < -0.4 is 0 Å². The molecule has 3 nitrogen and oxygen atoms in total. The van der Waals surface area contributed by atoms with Crippen molar-refractivity contribution in [1.29, 1.82) is 0 Å². The monoisotopic (exact) mass is 203 g/mol. The summed E-state index contributed by atoms with van der Waals surface area (Å²) < 4.78 is 0. The average Bonchev–Trinajstić information content (AvgIpc) is 2.65. The third-order valence-corrected chi connectivity index (χ3v) is 2.93. The van der Waals surface area contributed by atoms with Crippen LogP contribution in [0.15, 0.2) is 0 Å². The zero-order valence-electron chi connectivity index (χ0n) is 8.12. The molecule has 1 fully saturated rings. The second-order valence-corrected chi connectivity index (χ2v) is 4.19. The summed E-state index contributed by atoms with van der Waals surface area (Å²) in [7, 11) is 0. The van der Waals surface area contributed by atoms with Gasteiger partial charge in [-0.05, 0) is 18.6 Å². The molecule has 1 aliphatic heterocycles. The van der Waals surface area contributed by atoms with E-state index in [0.29, 0.717) is 12.4 Å². The molecule has 0 saturated carbocycles. The molecule has 1 saturated heterocycles. The third-order valence-electron chi connectivity index (χ3n) is 1.90. The molecule has 13 heavy (non-hydrogen) atoms. The smallest absolute Gasteiger partial charge is 0.256 e. The van der Waals surface area contributed by atoms with Crippen LogP contribution >= 0.6 is 11.8 Å². The molecule has 0 spiro atoms. The molecule has 0 radical (unpaired) electrons. The van der Waals surface area contributed by atoms with E-state index in [-0.39, 0.29) is 5.91 Å². The minimum atomic E-state index is 0.124. The predicted molar refractivity (Wildman–Crippen MR) is 54.5 cm³/mol. The van der Waals surface area contributed by atoms with Gasteiger partial charge in [-0.2, -0.15) is 11.8 Å². The van der Waals surface area contributed by atoms with Gasteiger partial charge in [0.1, 0.15) is 0 Å². The van der Waals surface area contributed by atoms with Gasteiger partial charge in [-0.3, -0.25) is 9.63 Å². The molecule has 0 atom stereocenters. The molecule has 0 aromatic carbocycles. The van der Waals surface area contributed by atoms with Crippen LogP contribution in [0.5, 0.6) is 0 Å². The van der Waals surface area contributed by atoms with Gasteiger partial charge in [0.25, 0.3) is 5.91 Å². The van der Waals surface area contributed by atoms with Crippen molar-refractivity contribution in [3.8, 4) is 0 Å². The van der Waals surface area contributed by atoms with E-state index in [9.17, 15) is 4.79 Å². The molecule has 76 valence electrons. The Morgan fingerprint density at radius 1 is 1.62 bits per heavy atom. The molecule has 1 heterocycles. The predicted octanol–water partition coefficient (Wildman–Crippen LogP) is 1.68. The number of amides is 1. The zero-order chi connectivity index (χ0) is 9.52. The van der Waals surface area contributed by atoms with Crippen LogP contribution in [0.2, 0.25) is 0 Å².